The molecular formula is C18H19N3O3. The van der Waals surface area contributed by atoms with Crippen molar-refractivity contribution in [2.24, 2.45) is 16.7 Å². The first-order chi connectivity index (χ1) is 11.3. The van der Waals surface area contributed by atoms with Crippen LogP contribution in [0.2, 0.25) is 0 Å². The van der Waals surface area contributed by atoms with Crippen LogP contribution in [-0.2, 0) is 0 Å². The number of nitro groups is 1. The number of carbonyl (C=O) groups excluding carboxylic acids is 1. The van der Waals surface area contributed by atoms with Crippen molar-refractivity contribution >= 4 is 11.6 Å². The molecule has 2 aliphatic carbocycles. The van der Waals surface area contributed by atoms with Gasteiger partial charge in [0, 0.05) is 29.7 Å². The lowest BCUT2D eigenvalue weighted by Crippen LogP contribution is -2.54. The lowest BCUT2D eigenvalue weighted by atomic mass is 9.66. The molecule has 1 heterocycles. The summed E-state index contributed by atoms with van der Waals surface area (Å²) in [7, 11) is 0. The third-order valence-electron chi connectivity index (χ3n) is 7.29. The molecule has 24 heavy (non-hydrogen) atoms. The molecule has 3 aliphatic rings. The van der Waals surface area contributed by atoms with E-state index in [4.69, 9.17) is 0 Å². The van der Waals surface area contributed by atoms with Crippen LogP contribution in [0.4, 0.5) is 5.69 Å². The number of rotatable bonds is 2. The summed E-state index contributed by atoms with van der Waals surface area (Å²) in [6.45, 7) is 4.90. The van der Waals surface area contributed by atoms with Crippen LogP contribution >= 0.6 is 0 Å². The molecule has 3 fully saturated rings. The minimum absolute atomic E-state index is 0.0426. The first-order valence-electron chi connectivity index (χ1n) is 8.27. The highest BCUT2D eigenvalue weighted by Gasteiger charge is 2.78. The molecule has 1 saturated heterocycles. The SMILES string of the molecule is C[C@@]12CC[C@H]3C[C@@]1(C#N)N(C(=O)c1cccc([N+](=O)[O-])c1)C[C@@]32C. The smallest absolute Gasteiger partial charge is 0.270 e. The Morgan fingerprint density at radius 1 is 1.46 bits per heavy atom. The Morgan fingerprint density at radius 2 is 2.21 bits per heavy atom. The Kier molecular flexibility index (Phi) is 2.74. The summed E-state index contributed by atoms with van der Waals surface area (Å²) in [5, 5.41) is 21.0. The van der Waals surface area contributed by atoms with Gasteiger partial charge in [-0.3, -0.25) is 14.9 Å². The van der Waals surface area contributed by atoms with Crippen molar-refractivity contribution in [3.05, 3.63) is 39.9 Å². The number of likely N-dealkylation sites (tertiary alicyclic amines) is 1. The molecular weight excluding hydrogens is 306 g/mol. The minimum atomic E-state index is -0.785. The normalized spacial score (nSPS) is 39.0. The molecule has 1 aliphatic heterocycles. The molecule has 6 heteroatoms. The molecule has 2 saturated carbocycles. The van der Waals surface area contributed by atoms with Gasteiger partial charge in [0.05, 0.1) is 11.0 Å². The van der Waals surface area contributed by atoms with Gasteiger partial charge in [-0.25, -0.2) is 0 Å². The Bertz CT molecular complexity index is 816. The average Bonchev–Trinajstić information content (AvgIpc) is 3.03. The number of hydrogen-bond acceptors (Lipinski definition) is 4. The van der Waals surface area contributed by atoms with Gasteiger partial charge in [-0.2, -0.15) is 5.26 Å². The van der Waals surface area contributed by atoms with Crippen LogP contribution in [0.5, 0.6) is 0 Å². The number of carbonyl (C=O) groups is 1. The molecule has 0 unspecified atom stereocenters. The molecule has 6 nitrogen and oxygen atoms in total. The number of nitro benzene ring substituents is 1. The second-order valence-corrected chi connectivity index (χ2v) is 7.86. The minimum Gasteiger partial charge on any atom is -0.319 e. The Balaban J connectivity index is 1.77. The summed E-state index contributed by atoms with van der Waals surface area (Å²) in [6, 6.07) is 8.27. The van der Waals surface area contributed by atoms with Crippen molar-refractivity contribution in [3.8, 4) is 6.07 Å². The molecule has 1 aromatic carbocycles. The van der Waals surface area contributed by atoms with Crippen molar-refractivity contribution in [1.29, 1.82) is 5.26 Å². The molecule has 4 atom stereocenters. The Morgan fingerprint density at radius 3 is 2.83 bits per heavy atom. The number of piperidine rings is 1. The largest absolute Gasteiger partial charge is 0.319 e. The van der Waals surface area contributed by atoms with E-state index in [1.807, 2.05) is 0 Å². The number of nitriles is 1. The van der Waals surface area contributed by atoms with E-state index >= 15 is 0 Å². The van der Waals surface area contributed by atoms with Gasteiger partial charge in [-0.05, 0) is 36.7 Å². The number of hydrogen-bond donors (Lipinski definition) is 0. The molecule has 1 amide bonds. The van der Waals surface area contributed by atoms with E-state index < -0.39 is 10.5 Å². The summed E-state index contributed by atoms with van der Waals surface area (Å²) in [4.78, 5) is 25.3. The zero-order valence-corrected chi connectivity index (χ0v) is 13.8. The van der Waals surface area contributed by atoms with Crippen molar-refractivity contribution < 1.29 is 9.72 Å². The van der Waals surface area contributed by atoms with Gasteiger partial charge in [0.15, 0.2) is 0 Å². The van der Waals surface area contributed by atoms with Crippen LogP contribution in [0.1, 0.15) is 43.5 Å². The Hall–Kier alpha value is -2.42. The van der Waals surface area contributed by atoms with E-state index in [0.717, 1.165) is 19.3 Å². The standard InChI is InChI=1S/C18H19N3O3/c1-16-11-20(15(22)12-4-3-5-14(8-12)21(23)24)18(10-19)9-13(16)6-7-17(16,18)2/h3-5,8,13H,6-7,9,11H2,1-2H3/t13-,16-,17-,18-/m0/s1. The summed E-state index contributed by atoms with van der Waals surface area (Å²) in [5.41, 5.74) is -0.842. The summed E-state index contributed by atoms with van der Waals surface area (Å²) < 4.78 is 0. The quantitative estimate of drug-likeness (QED) is 0.617. The van der Waals surface area contributed by atoms with E-state index in [9.17, 15) is 20.2 Å². The van der Waals surface area contributed by atoms with Crippen molar-refractivity contribution in [3.63, 3.8) is 0 Å². The summed E-state index contributed by atoms with van der Waals surface area (Å²) >= 11 is 0. The highest BCUT2D eigenvalue weighted by molar-refractivity contribution is 5.96. The van der Waals surface area contributed by atoms with Crippen LogP contribution in [0, 0.1) is 38.2 Å². The molecule has 0 N–H and O–H groups in total. The van der Waals surface area contributed by atoms with Crippen LogP contribution in [-0.4, -0.2) is 27.8 Å². The highest BCUT2D eigenvalue weighted by atomic mass is 16.6. The van der Waals surface area contributed by atoms with Gasteiger partial charge in [-0.1, -0.05) is 19.9 Å². The van der Waals surface area contributed by atoms with E-state index in [1.165, 1.54) is 18.2 Å². The zero-order chi connectivity index (χ0) is 17.3. The molecule has 0 spiro atoms. The van der Waals surface area contributed by atoms with E-state index in [2.05, 4.69) is 19.9 Å². The van der Waals surface area contributed by atoms with E-state index in [1.54, 1.807) is 11.0 Å². The molecule has 4 rings (SSSR count). The van der Waals surface area contributed by atoms with Crippen molar-refractivity contribution in [1.82, 2.24) is 4.90 Å². The monoisotopic (exact) mass is 325 g/mol. The van der Waals surface area contributed by atoms with Gasteiger partial charge in [-0.15, -0.1) is 0 Å². The third-order valence-corrected chi connectivity index (χ3v) is 7.29. The fourth-order valence-electron chi connectivity index (χ4n) is 5.66. The first kappa shape index (κ1) is 15.1. The number of amides is 1. The van der Waals surface area contributed by atoms with Crippen molar-refractivity contribution in [2.75, 3.05) is 6.54 Å². The van der Waals surface area contributed by atoms with Gasteiger partial charge in [0.25, 0.3) is 11.6 Å². The topological polar surface area (TPSA) is 87.2 Å². The number of nitrogens with zero attached hydrogens (tertiary/aromatic N) is 3. The first-order valence-corrected chi connectivity index (χ1v) is 8.27. The highest BCUT2D eigenvalue weighted by Crippen LogP contribution is 2.75. The maximum atomic E-state index is 13.1. The van der Waals surface area contributed by atoms with E-state index in [-0.39, 0.29) is 28.0 Å². The van der Waals surface area contributed by atoms with Gasteiger partial charge in [0.2, 0.25) is 0 Å². The zero-order valence-electron chi connectivity index (χ0n) is 13.8. The van der Waals surface area contributed by atoms with Gasteiger partial charge in [0.1, 0.15) is 5.54 Å². The lowest BCUT2D eigenvalue weighted by Gasteiger charge is -2.43. The number of non-ortho nitro benzene ring substituents is 1. The molecule has 0 radical (unpaired) electrons. The predicted octanol–water partition coefficient (Wildman–Crippen LogP) is 3.14. The molecule has 4 bridgehead atoms. The summed E-state index contributed by atoms with van der Waals surface area (Å²) in [6.07, 6.45) is 2.80. The lowest BCUT2D eigenvalue weighted by molar-refractivity contribution is -0.384. The molecule has 124 valence electrons. The average molecular weight is 325 g/mol. The molecule has 1 aromatic rings. The fourth-order valence-corrected chi connectivity index (χ4v) is 5.66. The Labute approximate surface area is 140 Å². The number of benzene rings is 1. The van der Waals surface area contributed by atoms with Crippen LogP contribution in [0.3, 0.4) is 0 Å². The fraction of sp³-hybridized carbons (Fsp3) is 0.556. The van der Waals surface area contributed by atoms with E-state index in [0.29, 0.717) is 12.5 Å². The second-order valence-electron chi connectivity index (χ2n) is 7.86. The third kappa shape index (κ3) is 1.44. The van der Waals surface area contributed by atoms with Crippen LogP contribution < -0.4 is 0 Å². The van der Waals surface area contributed by atoms with Gasteiger partial charge < -0.3 is 4.90 Å². The van der Waals surface area contributed by atoms with Crippen LogP contribution in [0.25, 0.3) is 0 Å². The van der Waals surface area contributed by atoms with Crippen molar-refractivity contribution in [2.45, 2.75) is 38.6 Å². The maximum absolute atomic E-state index is 13.1. The molecule has 0 aromatic heterocycles. The summed E-state index contributed by atoms with van der Waals surface area (Å²) in [5.74, 6) is 0.215. The maximum Gasteiger partial charge on any atom is 0.270 e. The van der Waals surface area contributed by atoms with Gasteiger partial charge >= 0.3 is 0 Å². The van der Waals surface area contributed by atoms with Crippen LogP contribution in [0.15, 0.2) is 24.3 Å². The second kappa shape index (κ2) is 4.35. The predicted molar refractivity (Wildman–Crippen MR) is 86.0 cm³/mol.